The fraction of sp³-hybridized carbons (Fsp3) is 0.688. The van der Waals surface area contributed by atoms with Crippen molar-refractivity contribution < 1.29 is 18.3 Å². The third-order valence-electron chi connectivity index (χ3n) is 3.01. The van der Waals surface area contributed by atoms with Crippen molar-refractivity contribution in [1.82, 2.24) is 10.6 Å². The van der Waals surface area contributed by atoms with E-state index in [9.17, 15) is 13.6 Å². The van der Waals surface area contributed by atoms with Crippen molar-refractivity contribution >= 4 is 17.4 Å². The van der Waals surface area contributed by atoms with Crippen molar-refractivity contribution in [3.63, 3.8) is 0 Å². The van der Waals surface area contributed by atoms with Crippen LogP contribution in [0.1, 0.15) is 50.4 Å². The monoisotopic (exact) mass is 348 g/mol. The quantitative estimate of drug-likeness (QED) is 0.779. The van der Waals surface area contributed by atoms with E-state index in [2.05, 4.69) is 17.6 Å². The molecular formula is C16H26F2N2O2S. The molecule has 4 nitrogen and oxygen atoms in total. The van der Waals surface area contributed by atoms with Gasteiger partial charge in [0.2, 0.25) is 0 Å². The molecule has 0 radical (unpaired) electrons. The second-order valence-corrected chi connectivity index (χ2v) is 7.67. The Bertz CT molecular complexity index is 512. The highest BCUT2D eigenvalue weighted by atomic mass is 32.1. The summed E-state index contributed by atoms with van der Waals surface area (Å²) in [4.78, 5) is 13.7. The van der Waals surface area contributed by atoms with Crippen LogP contribution in [0, 0.1) is 0 Å². The number of thiophene rings is 1. The Balaban J connectivity index is 2.41. The van der Waals surface area contributed by atoms with Gasteiger partial charge in [0.15, 0.2) is 0 Å². The predicted molar refractivity (Wildman–Crippen MR) is 89.3 cm³/mol. The molecule has 0 bridgehead atoms. The van der Waals surface area contributed by atoms with E-state index in [4.69, 9.17) is 4.74 Å². The summed E-state index contributed by atoms with van der Waals surface area (Å²) < 4.78 is 32.6. The Hall–Kier alpha value is -1.21. The molecular weight excluding hydrogens is 322 g/mol. The van der Waals surface area contributed by atoms with Gasteiger partial charge in [-0.25, -0.2) is 13.6 Å². The highest BCUT2D eigenvalue weighted by Gasteiger charge is 2.31. The van der Waals surface area contributed by atoms with E-state index in [1.54, 1.807) is 32.1 Å². The summed E-state index contributed by atoms with van der Waals surface area (Å²) in [5, 5.41) is 4.92. The van der Waals surface area contributed by atoms with Crippen LogP contribution in [0.4, 0.5) is 13.6 Å². The van der Waals surface area contributed by atoms with Crippen LogP contribution in [0.3, 0.4) is 0 Å². The number of carbonyl (C=O) groups excluding carboxylic acids is 1. The molecule has 1 amide bonds. The standard InChI is InChI=1S/C16H26F2N2O2S/c1-6-12-7-8-13(23-12)11(2)19-9-16(17,18)10-20-14(21)22-15(3,4)5/h7-8,11,19H,6,9-10H2,1-5H3,(H,20,21). The van der Waals surface area contributed by atoms with Crippen molar-refractivity contribution in [2.75, 3.05) is 13.1 Å². The minimum atomic E-state index is -3.05. The molecule has 0 fully saturated rings. The zero-order valence-electron chi connectivity index (χ0n) is 14.3. The molecule has 23 heavy (non-hydrogen) atoms. The van der Waals surface area contributed by atoms with Gasteiger partial charge in [0, 0.05) is 15.8 Å². The molecule has 0 aliphatic heterocycles. The van der Waals surface area contributed by atoms with E-state index in [-0.39, 0.29) is 6.04 Å². The minimum absolute atomic E-state index is 0.160. The predicted octanol–water partition coefficient (Wildman–Crippen LogP) is 4.12. The molecule has 1 heterocycles. The number of hydrogen-bond acceptors (Lipinski definition) is 4. The van der Waals surface area contributed by atoms with Crippen LogP contribution in [-0.4, -0.2) is 30.7 Å². The molecule has 0 aliphatic carbocycles. The lowest BCUT2D eigenvalue weighted by molar-refractivity contribution is -0.00518. The molecule has 0 spiro atoms. The first-order valence-electron chi connectivity index (χ1n) is 7.69. The van der Waals surface area contributed by atoms with Crippen LogP contribution in [0.5, 0.6) is 0 Å². The normalized spacial score (nSPS) is 13.7. The molecule has 0 aliphatic rings. The van der Waals surface area contributed by atoms with Gasteiger partial charge in [0.05, 0.1) is 13.1 Å². The van der Waals surface area contributed by atoms with Crippen LogP contribution >= 0.6 is 11.3 Å². The topological polar surface area (TPSA) is 50.4 Å². The average Bonchev–Trinajstić information content (AvgIpc) is 2.90. The molecule has 0 aromatic carbocycles. The number of alkyl carbamates (subject to hydrolysis) is 1. The van der Waals surface area contributed by atoms with E-state index < -0.39 is 30.7 Å². The Morgan fingerprint density at radius 1 is 1.30 bits per heavy atom. The maximum atomic E-state index is 13.8. The number of nitrogens with one attached hydrogen (secondary N) is 2. The fourth-order valence-electron chi connectivity index (χ4n) is 1.80. The van der Waals surface area contributed by atoms with Crippen LogP contribution in [0.15, 0.2) is 12.1 Å². The number of amides is 1. The van der Waals surface area contributed by atoms with Crippen molar-refractivity contribution in [3.05, 3.63) is 21.9 Å². The van der Waals surface area contributed by atoms with E-state index in [1.807, 2.05) is 19.1 Å². The van der Waals surface area contributed by atoms with E-state index >= 15 is 0 Å². The van der Waals surface area contributed by atoms with Crippen molar-refractivity contribution in [3.8, 4) is 0 Å². The highest BCUT2D eigenvalue weighted by molar-refractivity contribution is 7.12. The first-order chi connectivity index (χ1) is 10.5. The maximum absolute atomic E-state index is 13.8. The molecule has 1 atom stereocenters. The molecule has 0 saturated heterocycles. The summed E-state index contributed by atoms with van der Waals surface area (Å²) in [5.41, 5.74) is -0.706. The largest absolute Gasteiger partial charge is 0.444 e. The van der Waals surface area contributed by atoms with E-state index in [1.165, 1.54) is 4.88 Å². The van der Waals surface area contributed by atoms with Crippen LogP contribution in [0.2, 0.25) is 0 Å². The van der Waals surface area contributed by atoms with Crippen LogP contribution in [-0.2, 0) is 11.2 Å². The first-order valence-corrected chi connectivity index (χ1v) is 8.51. The van der Waals surface area contributed by atoms with Gasteiger partial charge in [-0.15, -0.1) is 11.3 Å². The number of aryl methyl sites for hydroxylation is 1. The first kappa shape index (κ1) is 19.8. The van der Waals surface area contributed by atoms with Crippen molar-refractivity contribution in [2.45, 2.75) is 58.6 Å². The van der Waals surface area contributed by atoms with E-state index in [0.717, 1.165) is 11.3 Å². The van der Waals surface area contributed by atoms with Gasteiger partial charge in [-0.05, 0) is 46.2 Å². The van der Waals surface area contributed by atoms with Crippen molar-refractivity contribution in [2.24, 2.45) is 0 Å². The Labute approximate surface area is 140 Å². The van der Waals surface area contributed by atoms with Gasteiger partial charge >= 0.3 is 6.09 Å². The van der Waals surface area contributed by atoms with Crippen LogP contribution in [0.25, 0.3) is 0 Å². The molecule has 1 unspecified atom stereocenters. The molecule has 0 saturated carbocycles. The Kier molecular flexibility index (Phi) is 6.95. The summed E-state index contributed by atoms with van der Waals surface area (Å²) in [6.07, 6.45) is 0.101. The highest BCUT2D eigenvalue weighted by Crippen LogP contribution is 2.24. The molecule has 132 valence electrons. The Morgan fingerprint density at radius 3 is 2.48 bits per heavy atom. The second-order valence-electron chi connectivity index (χ2n) is 6.47. The Morgan fingerprint density at radius 2 is 1.96 bits per heavy atom. The summed E-state index contributed by atoms with van der Waals surface area (Å²) in [7, 11) is 0. The van der Waals surface area contributed by atoms with E-state index in [0.29, 0.717) is 0 Å². The third kappa shape index (κ3) is 7.74. The van der Waals surface area contributed by atoms with Crippen molar-refractivity contribution in [1.29, 1.82) is 0 Å². The number of carbonyl (C=O) groups is 1. The summed E-state index contributed by atoms with van der Waals surface area (Å²) in [6, 6.07) is 3.81. The number of alkyl halides is 2. The van der Waals surface area contributed by atoms with Gasteiger partial charge in [-0.2, -0.15) is 0 Å². The molecule has 2 N–H and O–H groups in total. The number of halogens is 2. The van der Waals surface area contributed by atoms with Gasteiger partial charge in [-0.1, -0.05) is 6.92 Å². The SMILES string of the molecule is CCc1ccc(C(C)NCC(F)(F)CNC(=O)OC(C)(C)C)s1. The zero-order valence-corrected chi connectivity index (χ0v) is 15.2. The summed E-state index contributed by atoms with van der Waals surface area (Å²) in [6.45, 7) is 7.68. The second kappa shape index (κ2) is 8.06. The maximum Gasteiger partial charge on any atom is 0.407 e. The number of hydrogen-bond donors (Lipinski definition) is 2. The molecule has 7 heteroatoms. The fourth-order valence-corrected chi connectivity index (χ4v) is 2.78. The third-order valence-corrected chi connectivity index (χ3v) is 4.43. The van der Waals surface area contributed by atoms with Crippen LogP contribution < -0.4 is 10.6 Å². The van der Waals surface area contributed by atoms with Gasteiger partial charge in [0.1, 0.15) is 5.60 Å². The molecule has 1 aromatic rings. The summed E-state index contributed by atoms with van der Waals surface area (Å²) in [5.74, 6) is -3.05. The van der Waals surface area contributed by atoms with Gasteiger partial charge < -0.3 is 15.4 Å². The van der Waals surface area contributed by atoms with Gasteiger partial charge in [0.25, 0.3) is 5.92 Å². The minimum Gasteiger partial charge on any atom is -0.444 e. The van der Waals surface area contributed by atoms with Gasteiger partial charge in [-0.3, -0.25) is 0 Å². The number of rotatable bonds is 7. The lowest BCUT2D eigenvalue weighted by Gasteiger charge is -2.23. The number of ether oxygens (including phenoxy) is 1. The average molecular weight is 348 g/mol. The smallest absolute Gasteiger partial charge is 0.407 e. The zero-order chi connectivity index (χ0) is 17.7. The molecule has 1 rings (SSSR count). The summed E-state index contributed by atoms with van der Waals surface area (Å²) >= 11 is 1.62. The lowest BCUT2D eigenvalue weighted by atomic mass is 10.2. The lowest BCUT2D eigenvalue weighted by Crippen LogP contribution is -2.45. The molecule has 1 aromatic heterocycles.